The second-order valence-corrected chi connectivity index (χ2v) is 6.92. The van der Waals surface area contributed by atoms with Gasteiger partial charge >= 0.3 is 0 Å². The van der Waals surface area contributed by atoms with Crippen molar-refractivity contribution in [2.45, 2.75) is 45.8 Å². The van der Waals surface area contributed by atoms with Gasteiger partial charge < -0.3 is 14.4 Å². The number of hydrogen-bond acceptors (Lipinski definition) is 4. The van der Waals surface area contributed by atoms with E-state index in [-0.39, 0.29) is 12.4 Å². The number of aliphatic hydroxyl groups excluding tert-OH is 1. The first-order valence-corrected chi connectivity index (χ1v) is 9.36. The average Bonchev–Trinajstić information content (AvgIpc) is 3.04. The van der Waals surface area contributed by atoms with E-state index < -0.39 is 6.10 Å². The van der Waals surface area contributed by atoms with Gasteiger partial charge in [0, 0.05) is 11.5 Å². The molecule has 5 nitrogen and oxygen atoms in total. The number of para-hydroxylation sites is 2. The van der Waals surface area contributed by atoms with Gasteiger partial charge in [0.05, 0.1) is 17.6 Å². The van der Waals surface area contributed by atoms with Gasteiger partial charge in [0.2, 0.25) is 0 Å². The molecule has 0 radical (unpaired) electrons. The maximum Gasteiger partial charge on any atom is 0.159 e. The van der Waals surface area contributed by atoms with Gasteiger partial charge in [0.1, 0.15) is 24.3 Å². The molecule has 27 heavy (non-hydrogen) atoms. The van der Waals surface area contributed by atoms with Crippen molar-refractivity contribution in [3.63, 3.8) is 0 Å². The van der Waals surface area contributed by atoms with Gasteiger partial charge in [0.15, 0.2) is 5.78 Å². The Balaban J connectivity index is 1.71. The number of ketones is 1. The number of hydrogen-bond donors (Lipinski definition) is 1. The summed E-state index contributed by atoms with van der Waals surface area (Å²) in [6.45, 7) is 6.41. The van der Waals surface area contributed by atoms with Crippen molar-refractivity contribution in [2.24, 2.45) is 0 Å². The van der Waals surface area contributed by atoms with E-state index in [1.807, 2.05) is 24.3 Å². The molecule has 2 atom stereocenters. The smallest absolute Gasteiger partial charge is 0.159 e. The summed E-state index contributed by atoms with van der Waals surface area (Å²) in [6.07, 6.45) is 0.316. The number of ether oxygens (including phenoxy) is 1. The predicted octanol–water partition coefficient (Wildman–Crippen LogP) is 4.19. The van der Waals surface area contributed by atoms with Crippen LogP contribution in [-0.4, -0.2) is 33.2 Å². The SMILES string of the molecule is CCC(C)c1nc2ccccc2n1CC(O)COc1ccc(C(C)=O)cc1. The molecular weight excluding hydrogens is 340 g/mol. The van der Waals surface area contributed by atoms with Crippen LogP contribution < -0.4 is 4.74 Å². The quantitative estimate of drug-likeness (QED) is 0.607. The summed E-state index contributed by atoms with van der Waals surface area (Å²) >= 11 is 0. The molecule has 0 spiro atoms. The van der Waals surface area contributed by atoms with Gasteiger partial charge in [-0.1, -0.05) is 26.0 Å². The fraction of sp³-hybridized carbons (Fsp3) is 0.364. The van der Waals surface area contributed by atoms with E-state index in [1.165, 1.54) is 6.92 Å². The molecule has 1 aromatic heterocycles. The Labute approximate surface area is 159 Å². The standard InChI is InChI=1S/C22H26N2O3/c1-4-15(2)22-23-20-7-5-6-8-21(20)24(22)13-18(26)14-27-19-11-9-17(10-12-19)16(3)25/h5-12,15,18,26H,4,13-14H2,1-3H3. The highest BCUT2D eigenvalue weighted by atomic mass is 16.5. The molecule has 3 aromatic rings. The number of Topliss-reactive ketones (excluding diaryl/α,β-unsaturated/α-hetero) is 1. The van der Waals surface area contributed by atoms with Crippen molar-refractivity contribution in [1.29, 1.82) is 0 Å². The number of nitrogens with zero attached hydrogens (tertiary/aromatic N) is 2. The molecule has 2 unspecified atom stereocenters. The first kappa shape index (κ1) is 19.1. The largest absolute Gasteiger partial charge is 0.491 e. The zero-order chi connectivity index (χ0) is 19.4. The van der Waals surface area contributed by atoms with Gasteiger partial charge in [-0.05, 0) is 49.7 Å². The Hall–Kier alpha value is -2.66. The number of benzene rings is 2. The fourth-order valence-corrected chi connectivity index (χ4v) is 3.09. The minimum Gasteiger partial charge on any atom is -0.491 e. The van der Waals surface area contributed by atoms with Crippen LogP contribution in [0.5, 0.6) is 5.75 Å². The molecule has 0 aliphatic carbocycles. The third-order valence-electron chi connectivity index (χ3n) is 4.83. The Morgan fingerprint density at radius 2 is 1.89 bits per heavy atom. The molecule has 0 fully saturated rings. The van der Waals surface area contributed by atoms with E-state index in [9.17, 15) is 9.90 Å². The topological polar surface area (TPSA) is 64.3 Å². The molecule has 142 valence electrons. The second kappa shape index (κ2) is 8.35. The Kier molecular flexibility index (Phi) is 5.91. The average molecular weight is 366 g/mol. The Morgan fingerprint density at radius 1 is 1.19 bits per heavy atom. The second-order valence-electron chi connectivity index (χ2n) is 6.92. The van der Waals surface area contributed by atoms with Crippen LogP contribution in [0.2, 0.25) is 0 Å². The number of aliphatic hydroxyl groups is 1. The van der Waals surface area contributed by atoms with E-state index in [0.29, 0.717) is 23.8 Å². The summed E-state index contributed by atoms with van der Waals surface area (Å²) < 4.78 is 7.79. The van der Waals surface area contributed by atoms with Gasteiger partial charge in [-0.25, -0.2) is 4.98 Å². The van der Waals surface area contributed by atoms with Gasteiger partial charge in [-0.15, -0.1) is 0 Å². The van der Waals surface area contributed by atoms with Crippen molar-refractivity contribution in [1.82, 2.24) is 9.55 Å². The molecule has 1 heterocycles. The van der Waals surface area contributed by atoms with Crippen LogP contribution in [0.15, 0.2) is 48.5 Å². The summed E-state index contributed by atoms with van der Waals surface area (Å²) in [4.78, 5) is 16.1. The maximum absolute atomic E-state index is 11.3. The van der Waals surface area contributed by atoms with Gasteiger partial charge in [-0.2, -0.15) is 0 Å². The van der Waals surface area contributed by atoms with E-state index in [2.05, 4.69) is 18.4 Å². The zero-order valence-electron chi connectivity index (χ0n) is 16.1. The normalized spacial score (nSPS) is 13.5. The summed E-state index contributed by atoms with van der Waals surface area (Å²) in [7, 11) is 0. The predicted molar refractivity (Wildman–Crippen MR) is 106 cm³/mol. The molecule has 5 heteroatoms. The van der Waals surface area contributed by atoms with Gasteiger partial charge in [0.25, 0.3) is 0 Å². The number of rotatable bonds is 8. The maximum atomic E-state index is 11.3. The lowest BCUT2D eigenvalue weighted by Crippen LogP contribution is -2.25. The first-order valence-electron chi connectivity index (χ1n) is 9.36. The number of carbonyl (C=O) groups is 1. The molecule has 1 N–H and O–H groups in total. The lowest BCUT2D eigenvalue weighted by atomic mass is 10.1. The zero-order valence-corrected chi connectivity index (χ0v) is 16.1. The molecule has 2 aromatic carbocycles. The third kappa shape index (κ3) is 4.37. The summed E-state index contributed by atoms with van der Waals surface area (Å²) in [5.41, 5.74) is 2.62. The number of carbonyl (C=O) groups excluding carboxylic acids is 1. The summed E-state index contributed by atoms with van der Waals surface area (Å²) in [6, 6.07) is 15.0. The fourth-order valence-electron chi connectivity index (χ4n) is 3.09. The van der Waals surface area contributed by atoms with E-state index in [4.69, 9.17) is 9.72 Å². The summed E-state index contributed by atoms with van der Waals surface area (Å²) in [5, 5.41) is 10.5. The number of aromatic nitrogens is 2. The summed E-state index contributed by atoms with van der Waals surface area (Å²) in [5.74, 6) is 1.95. The van der Waals surface area contributed by atoms with Crippen LogP contribution in [0.1, 0.15) is 49.3 Å². The molecule has 0 amide bonds. The molecule has 0 aliphatic rings. The minimum atomic E-state index is -0.669. The first-order chi connectivity index (χ1) is 13.0. The van der Waals surface area contributed by atoms with Crippen LogP contribution in [0.25, 0.3) is 11.0 Å². The highest BCUT2D eigenvalue weighted by Crippen LogP contribution is 2.24. The van der Waals surface area contributed by atoms with Crippen molar-refractivity contribution in [2.75, 3.05) is 6.61 Å². The van der Waals surface area contributed by atoms with Crippen LogP contribution in [0.4, 0.5) is 0 Å². The molecular formula is C22H26N2O3. The highest BCUT2D eigenvalue weighted by Gasteiger charge is 2.18. The van der Waals surface area contributed by atoms with E-state index >= 15 is 0 Å². The Morgan fingerprint density at radius 3 is 2.56 bits per heavy atom. The van der Waals surface area contributed by atoms with Crippen LogP contribution in [0, 0.1) is 0 Å². The van der Waals surface area contributed by atoms with Crippen LogP contribution >= 0.6 is 0 Å². The molecule has 0 saturated heterocycles. The number of imidazole rings is 1. The van der Waals surface area contributed by atoms with E-state index in [1.54, 1.807) is 24.3 Å². The molecule has 0 saturated carbocycles. The molecule has 0 aliphatic heterocycles. The van der Waals surface area contributed by atoms with Crippen molar-refractivity contribution in [3.05, 3.63) is 59.9 Å². The molecule has 3 rings (SSSR count). The highest BCUT2D eigenvalue weighted by molar-refractivity contribution is 5.94. The number of fused-ring (bicyclic) bond motifs is 1. The third-order valence-corrected chi connectivity index (χ3v) is 4.83. The minimum absolute atomic E-state index is 0.0196. The lowest BCUT2D eigenvalue weighted by Gasteiger charge is -2.17. The monoisotopic (exact) mass is 366 g/mol. The molecule has 0 bridgehead atoms. The lowest BCUT2D eigenvalue weighted by molar-refractivity contribution is 0.0923. The van der Waals surface area contributed by atoms with Crippen molar-refractivity contribution in [3.8, 4) is 5.75 Å². The van der Waals surface area contributed by atoms with Crippen molar-refractivity contribution >= 4 is 16.8 Å². The van der Waals surface area contributed by atoms with Crippen LogP contribution in [-0.2, 0) is 6.54 Å². The van der Waals surface area contributed by atoms with Crippen molar-refractivity contribution < 1.29 is 14.6 Å². The van der Waals surface area contributed by atoms with Gasteiger partial charge in [-0.3, -0.25) is 4.79 Å². The Bertz CT molecular complexity index is 915. The van der Waals surface area contributed by atoms with E-state index in [0.717, 1.165) is 23.3 Å². The van der Waals surface area contributed by atoms with Crippen LogP contribution in [0.3, 0.4) is 0 Å².